The van der Waals surface area contributed by atoms with E-state index >= 15 is 0 Å². The van der Waals surface area contributed by atoms with Gasteiger partial charge in [0.1, 0.15) is 12.2 Å². The molecule has 1 aliphatic heterocycles. The topological polar surface area (TPSA) is 88.1 Å². The number of carbonyl (C=O) groups excluding carboxylic acids is 3. The molecule has 5 fully saturated rings. The van der Waals surface area contributed by atoms with Gasteiger partial charge in [0.25, 0.3) is 0 Å². The second-order valence-electron chi connectivity index (χ2n) is 13.7. The van der Waals surface area contributed by atoms with Crippen LogP contribution in [0.15, 0.2) is 0 Å². The van der Waals surface area contributed by atoms with Gasteiger partial charge in [0, 0.05) is 37.0 Å². The fourth-order valence-electron chi connectivity index (χ4n) is 10.2. The fraction of sp³-hybridized carbons (Fsp3) is 0.903. The molecule has 0 radical (unpaired) electrons. The number of hydrogen-bond donors (Lipinski definition) is 0. The van der Waals surface area contributed by atoms with Crippen molar-refractivity contribution in [2.24, 2.45) is 46.3 Å². The highest BCUT2D eigenvalue weighted by molar-refractivity contribution is 5.69. The second kappa shape index (κ2) is 10.4. The maximum atomic E-state index is 12.5. The molecule has 1 saturated heterocycles. The summed E-state index contributed by atoms with van der Waals surface area (Å²) in [7, 11) is 0. The molecule has 1 heterocycles. The molecule has 214 valence electrons. The van der Waals surface area contributed by atoms with Crippen LogP contribution in [0.1, 0.15) is 99.3 Å². The molecule has 0 amide bonds. The number of hydrogen-bond acceptors (Lipinski definition) is 7. The quantitative estimate of drug-likeness (QED) is 0.317. The van der Waals surface area contributed by atoms with Crippen molar-refractivity contribution < 1.29 is 33.3 Å². The van der Waals surface area contributed by atoms with Gasteiger partial charge in [0.2, 0.25) is 0 Å². The van der Waals surface area contributed by atoms with Gasteiger partial charge in [-0.25, -0.2) is 0 Å². The lowest BCUT2D eigenvalue weighted by Gasteiger charge is -2.69. The molecule has 4 saturated carbocycles. The first-order valence-electron chi connectivity index (χ1n) is 15.1. The van der Waals surface area contributed by atoms with Crippen LogP contribution >= 0.6 is 0 Å². The first-order chi connectivity index (χ1) is 18.0. The lowest BCUT2D eigenvalue weighted by Crippen LogP contribution is -2.71. The van der Waals surface area contributed by atoms with E-state index in [4.69, 9.17) is 18.9 Å². The molecule has 5 rings (SSSR count). The number of fused-ring (bicyclic) bond motifs is 3. The predicted molar refractivity (Wildman–Crippen MR) is 141 cm³/mol. The molecule has 0 aromatic carbocycles. The summed E-state index contributed by atoms with van der Waals surface area (Å²) in [5.41, 5.74) is -0.117. The number of esters is 3. The maximum Gasteiger partial charge on any atom is 0.306 e. The Labute approximate surface area is 228 Å². The molecule has 38 heavy (non-hydrogen) atoms. The van der Waals surface area contributed by atoms with Gasteiger partial charge < -0.3 is 18.9 Å². The van der Waals surface area contributed by atoms with Crippen molar-refractivity contribution in [3.63, 3.8) is 0 Å². The summed E-state index contributed by atoms with van der Waals surface area (Å²) >= 11 is 0. The van der Waals surface area contributed by atoms with Crippen LogP contribution in [-0.4, -0.2) is 48.9 Å². The molecule has 0 aromatic rings. The van der Waals surface area contributed by atoms with Gasteiger partial charge in [-0.1, -0.05) is 20.3 Å². The maximum absolute atomic E-state index is 12.5. The van der Waals surface area contributed by atoms with Crippen LogP contribution in [-0.2, 0) is 33.3 Å². The van der Waals surface area contributed by atoms with Crippen molar-refractivity contribution in [1.29, 1.82) is 0 Å². The van der Waals surface area contributed by atoms with Crippen LogP contribution in [0.3, 0.4) is 0 Å². The summed E-state index contributed by atoms with van der Waals surface area (Å²) in [6, 6.07) is 0. The van der Waals surface area contributed by atoms with Crippen molar-refractivity contribution in [3.8, 4) is 0 Å². The van der Waals surface area contributed by atoms with Gasteiger partial charge in [-0.05, 0) is 88.4 Å². The van der Waals surface area contributed by atoms with Crippen LogP contribution in [0.2, 0.25) is 0 Å². The first-order valence-corrected chi connectivity index (χ1v) is 15.1. The van der Waals surface area contributed by atoms with E-state index in [1.165, 1.54) is 13.8 Å². The highest BCUT2D eigenvalue weighted by Gasteiger charge is 2.72. The highest BCUT2D eigenvalue weighted by atomic mass is 16.6. The van der Waals surface area contributed by atoms with Gasteiger partial charge in [0.05, 0.1) is 18.8 Å². The average molecular weight is 533 g/mol. The second-order valence-corrected chi connectivity index (χ2v) is 13.7. The lowest BCUT2D eigenvalue weighted by atomic mass is 9.41. The van der Waals surface area contributed by atoms with Crippen LogP contribution in [0, 0.1) is 46.3 Å². The van der Waals surface area contributed by atoms with Gasteiger partial charge in [-0.15, -0.1) is 0 Å². The number of rotatable bonds is 7. The minimum absolute atomic E-state index is 0.0925. The van der Waals surface area contributed by atoms with Gasteiger partial charge in [-0.2, -0.15) is 0 Å². The smallest absolute Gasteiger partial charge is 0.306 e. The van der Waals surface area contributed by atoms with Crippen LogP contribution in [0.4, 0.5) is 0 Å². The molecule has 7 nitrogen and oxygen atoms in total. The summed E-state index contributed by atoms with van der Waals surface area (Å²) in [5, 5.41) is 0. The van der Waals surface area contributed by atoms with E-state index in [1.807, 2.05) is 13.8 Å². The van der Waals surface area contributed by atoms with E-state index in [9.17, 15) is 14.4 Å². The molecular weight excluding hydrogens is 484 g/mol. The third-order valence-corrected chi connectivity index (χ3v) is 11.5. The molecule has 5 aliphatic rings. The van der Waals surface area contributed by atoms with Gasteiger partial charge in [-0.3, -0.25) is 14.4 Å². The Kier molecular flexibility index (Phi) is 7.64. The lowest BCUT2D eigenvalue weighted by molar-refractivity contribution is -0.316. The predicted octanol–water partition coefficient (Wildman–Crippen LogP) is 5.48. The zero-order chi connectivity index (χ0) is 27.4. The Balaban J connectivity index is 1.47. The Morgan fingerprint density at radius 3 is 2.32 bits per heavy atom. The molecule has 4 aliphatic carbocycles. The Morgan fingerprint density at radius 2 is 1.68 bits per heavy atom. The van der Waals surface area contributed by atoms with Gasteiger partial charge >= 0.3 is 17.9 Å². The molecule has 7 heteroatoms. The normalized spacial score (nSPS) is 44.0. The van der Waals surface area contributed by atoms with E-state index in [0.717, 1.165) is 58.0 Å². The Hall–Kier alpha value is -1.63. The van der Waals surface area contributed by atoms with Crippen LogP contribution in [0.25, 0.3) is 0 Å². The largest absolute Gasteiger partial charge is 0.463 e. The Morgan fingerprint density at radius 1 is 0.947 bits per heavy atom. The molecule has 0 bridgehead atoms. The number of carbonyl (C=O) groups is 3. The fourth-order valence-corrected chi connectivity index (χ4v) is 10.2. The average Bonchev–Trinajstić information content (AvgIpc) is 3.16. The molecule has 0 aromatic heterocycles. The van der Waals surface area contributed by atoms with E-state index in [2.05, 4.69) is 13.8 Å². The standard InChI is InChI=1S/C31H48O7/c1-17(2)36-28(34)13-10-18(3)22-11-12-23-29-24(15-27(30(22,23)6)38-20(5)33)31-16-35-26(31)9-7-8-21(31)14-25(29)37-19(4)32/h17-18,21-27,29H,7-16H2,1-6H3/t18-,21+,22-,23+,24+,25-,26?,27+,29+,30-,31+/m1/s1. The molecule has 11 atom stereocenters. The molecular formula is C31H48O7. The van der Waals surface area contributed by atoms with Crippen molar-refractivity contribution in [1.82, 2.24) is 0 Å². The summed E-state index contributed by atoms with van der Waals surface area (Å²) in [5.74, 6) is 1.40. The Bertz CT molecular complexity index is 931. The van der Waals surface area contributed by atoms with E-state index in [0.29, 0.717) is 30.1 Å². The minimum Gasteiger partial charge on any atom is -0.463 e. The SMILES string of the molecule is CC(=O)O[C@H]1C[C@H]2[C@@H]([C@H](OC(C)=O)C[C@@H]3CCCC4OC[C@]432)[C@@H]2CC[C@H]([C@H](C)CCC(=O)OC(C)C)[C@@]12C. The number of ether oxygens (including phenoxy) is 4. The summed E-state index contributed by atoms with van der Waals surface area (Å²) in [6.45, 7) is 12.2. The van der Waals surface area contributed by atoms with E-state index < -0.39 is 0 Å². The van der Waals surface area contributed by atoms with Gasteiger partial charge in [0.15, 0.2) is 0 Å². The zero-order valence-electron chi connectivity index (χ0n) is 24.2. The first kappa shape index (κ1) is 27.9. The van der Waals surface area contributed by atoms with E-state index in [1.54, 1.807) is 0 Å². The van der Waals surface area contributed by atoms with Crippen molar-refractivity contribution in [2.75, 3.05) is 6.61 Å². The van der Waals surface area contributed by atoms with Crippen LogP contribution < -0.4 is 0 Å². The third kappa shape index (κ3) is 4.49. The third-order valence-electron chi connectivity index (χ3n) is 11.5. The highest BCUT2D eigenvalue weighted by Crippen LogP contribution is 2.71. The zero-order valence-corrected chi connectivity index (χ0v) is 24.2. The molecule has 1 unspecified atom stereocenters. The molecule has 0 N–H and O–H groups in total. The summed E-state index contributed by atoms with van der Waals surface area (Å²) < 4.78 is 24.0. The van der Waals surface area contributed by atoms with Crippen molar-refractivity contribution >= 4 is 17.9 Å². The summed E-state index contributed by atoms with van der Waals surface area (Å²) in [4.78, 5) is 37.1. The van der Waals surface area contributed by atoms with Crippen LogP contribution in [0.5, 0.6) is 0 Å². The molecule has 1 spiro atoms. The van der Waals surface area contributed by atoms with Crippen molar-refractivity contribution in [2.45, 2.75) is 124 Å². The van der Waals surface area contributed by atoms with E-state index in [-0.39, 0.29) is 65.0 Å². The monoisotopic (exact) mass is 532 g/mol. The summed E-state index contributed by atoms with van der Waals surface area (Å²) in [6.07, 6.45) is 8.27. The van der Waals surface area contributed by atoms with Crippen molar-refractivity contribution in [3.05, 3.63) is 0 Å². The minimum atomic E-state index is -0.231.